The molecule has 0 aromatic carbocycles. The van der Waals surface area contributed by atoms with E-state index in [1.807, 2.05) is 6.92 Å². The Bertz CT molecular complexity index is 437. The van der Waals surface area contributed by atoms with Crippen LogP contribution in [0.2, 0.25) is 0 Å². The van der Waals surface area contributed by atoms with Gasteiger partial charge in [0, 0.05) is 11.9 Å². The molecule has 0 aliphatic heterocycles. The number of esters is 1. The Morgan fingerprint density at radius 3 is 2.65 bits per heavy atom. The maximum absolute atomic E-state index is 12.4. The molecule has 1 N–H and O–H groups in total. The third-order valence-electron chi connectivity index (χ3n) is 2.40. The number of thioether (sulfide) groups is 1. The van der Waals surface area contributed by atoms with E-state index in [0.717, 1.165) is 12.3 Å². The molecule has 0 saturated carbocycles. The number of nitrogens with zero attached hydrogens (tertiary/aromatic N) is 1. The van der Waals surface area contributed by atoms with Gasteiger partial charge in [0.15, 0.2) is 0 Å². The van der Waals surface area contributed by atoms with Crippen molar-refractivity contribution in [2.24, 2.45) is 0 Å². The fourth-order valence-electron chi connectivity index (χ4n) is 1.40. The summed E-state index contributed by atoms with van der Waals surface area (Å²) in [6, 6.07) is 1.74. The summed E-state index contributed by atoms with van der Waals surface area (Å²) in [6.07, 6.45) is -3.61. The Balaban J connectivity index is 2.62. The molecule has 1 unspecified atom stereocenters. The molecular formula is C12H15F3N2O2S. The number of carbonyl (C=O) groups is 1. The molecule has 112 valence electrons. The van der Waals surface area contributed by atoms with Gasteiger partial charge < -0.3 is 10.1 Å². The summed E-state index contributed by atoms with van der Waals surface area (Å²) in [4.78, 5) is 15.2. The van der Waals surface area contributed by atoms with Crippen molar-refractivity contribution in [3.63, 3.8) is 0 Å². The highest BCUT2D eigenvalue weighted by atomic mass is 32.2. The molecule has 1 aromatic rings. The summed E-state index contributed by atoms with van der Waals surface area (Å²) >= 11 is 1.19. The van der Waals surface area contributed by atoms with Gasteiger partial charge in [-0.25, -0.2) is 4.98 Å². The Morgan fingerprint density at radius 2 is 2.20 bits per heavy atom. The lowest BCUT2D eigenvalue weighted by atomic mass is 10.3. The minimum absolute atomic E-state index is 0.332. The largest absolute Gasteiger partial charge is 0.468 e. The Hall–Kier alpha value is -1.28. The van der Waals surface area contributed by atoms with E-state index >= 15 is 0 Å². The topological polar surface area (TPSA) is 51.2 Å². The number of methoxy groups -OCH3 is 1. The minimum atomic E-state index is -4.39. The molecule has 1 atom stereocenters. The summed E-state index contributed by atoms with van der Waals surface area (Å²) < 4.78 is 41.7. The summed E-state index contributed by atoms with van der Waals surface area (Å²) in [5.74, 6) is -0.0786. The number of pyridine rings is 1. The molecule has 0 fully saturated rings. The maximum atomic E-state index is 12.4. The van der Waals surface area contributed by atoms with Crippen LogP contribution in [0.25, 0.3) is 0 Å². The normalized spacial score (nSPS) is 13.1. The van der Waals surface area contributed by atoms with Crippen molar-refractivity contribution in [1.29, 1.82) is 0 Å². The van der Waals surface area contributed by atoms with Crippen molar-refractivity contribution in [1.82, 2.24) is 10.3 Å². The predicted octanol–water partition coefficient (Wildman–Crippen LogP) is 2.34. The van der Waals surface area contributed by atoms with E-state index in [4.69, 9.17) is 0 Å². The lowest BCUT2D eigenvalue weighted by molar-refractivity contribution is -0.142. The zero-order chi connectivity index (χ0) is 15.2. The van der Waals surface area contributed by atoms with Crippen LogP contribution in [0.5, 0.6) is 0 Å². The SMILES string of the molecule is CCNC(CSc1ccc(C(F)(F)F)cn1)C(=O)OC. The first kappa shape index (κ1) is 16.8. The van der Waals surface area contributed by atoms with Crippen LogP contribution in [0.1, 0.15) is 12.5 Å². The average Bonchev–Trinajstić information content (AvgIpc) is 2.42. The molecule has 1 aromatic heterocycles. The highest BCUT2D eigenvalue weighted by molar-refractivity contribution is 7.99. The van der Waals surface area contributed by atoms with Crippen LogP contribution in [0.4, 0.5) is 13.2 Å². The number of hydrogen-bond acceptors (Lipinski definition) is 5. The number of carbonyl (C=O) groups excluding carboxylic acids is 1. The summed E-state index contributed by atoms with van der Waals surface area (Å²) in [7, 11) is 1.29. The van der Waals surface area contributed by atoms with Gasteiger partial charge >= 0.3 is 12.1 Å². The van der Waals surface area contributed by atoms with Crippen LogP contribution in [0.15, 0.2) is 23.4 Å². The number of ether oxygens (including phenoxy) is 1. The van der Waals surface area contributed by atoms with Crippen LogP contribution < -0.4 is 5.32 Å². The molecule has 4 nitrogen and oxygen atoms in total. The number of nitrogens with one attached hydrogen (secondary N) is 1. The van der Waals surface area contributed by atoms with Crippen molar-refractivity contribution in [2.75, 3.05) is 19.4 Å². The van der Waals surface area contributed by atoms with Gasteiger partial charge in [-0.2, -0.15) is 13.2 Å². The smallest absolute Gasteiger partial charge is 0.417 e. The molecule has 20 heavy (non-hydrogen) atoms. The lowest BCUT2D eigenvalue weighted by Gasteiger charge is -2.14. The third-order valence-corrected chi connectivity index (χ3v) is 3.44. The van der Waals surface area contributed by atoms with Crippen LogP contribution in [0, 0.1) is 0 Å². The predicted molar refractivity (Wildman–Crippen MR) is 69.4 cm³/mol. The fraction of sp³-hybridized carbons (Fsp3) is 0.500. The second kappa shape index (κ2) is 7.49. The molecular weight excluding hydrogens is 293 g/mol. The standard InChI is InChI=1S/C12H15F3N2O2S/c1-3-16-9(11(18)19-2)7-20-10-5-4-8(6-17-10)12(13,14)15/h4-6,9,16H,3,7H2,1-2H3. The first-order chi connectivity index (χ1) is 9.38. The van der Waals surface area contributed by atoms with Gasteiger partial charge in [0.05, 0.1) is 17.7 Å². The average molecular weight is 308 g/mol. The van der Waals surface area contributed by atoms with Crippen LogP contribution in [-0.4, -0.2) is 36.4 Å². The molecule has 8 heteroatoms. The monoisotopic (exact) mass is 308 g/mol. The van der Waals surface area contributed by atoms with Crippen LogP contribution in [0.3, 0.4) is 0 Å². The Labute approximate surface area is 119 Å². The zero-order valence-electron chi connectivity index (χ0n) is 11.0. The van der Waals surface area contributed by atoms with E-state index in [0.29, 0.717) is 17.3 Å². The Kier molecular flexibility index (Phi) is 6.28. The second-order valence-corrected chi connectivity index (χ2v) is 4.87. The van der Waals surface area contributed by atoms with E-state index < -0.39 is 23.8 Å². The van der Waals surface area contributed by atoms with E-state index in [9.17, 15) is 18.0 Å². The van der Waals surface area contributed by atoms with Crippen molar-refractivity contribution in [2.45, 2.75) is 24.2 Å². The van der Waals surface area contributed by atoms with Crippen molar-refractivity contribution >= 4 is 17.7 Å². The lowest BCUT2D eigenvalue weighted by Crippen LogP contribution is -2.39. The van der Waals surface area contributed by atoms with Crippen LogP contribution >= 0.6 is 11.8 Å². The summed E-state index contributed by atoms with van der Waals surface area (Å²) in [5, 5.41) is 3.36. The number of alkyl halides is 3. The number of aromatic nitrogens is 1. The number of rotatable bonds is 6. The molecule has 0 saturated heterocycles. The van der Waals surface area contributed by atoms with Gasteiger partial charge in [0.2, 0.25) is 0 Å². The van der Waals surface area contributed by atoms with Gasteiger partial charge in [-0.05, 0) is 18.7 Å². The number of likely N-dealkylation sites (N-methyl/N-ethyl adjacent to an activating group) is 1. The van der Waals surface area contributed by atoms with Gasteiger partial charge in [-0.15, -0.1) is 11.8 Å². The fourth-order valence-corrected chi connectivity index (χ4v) is 2.28. The van der Waals surface area contributed by atoms with Crippen molar-refractivity contribution in [3.8, 4) is 0 Å². The summed E-state index contributed by atoms with van der Waals surface area (Å²) in [6.45, 7) is 2.43. The minimum Gasteiger partial charge on any atom is -0.468 e. The highest BCUT2D eigenvalue weighted by Crippen LogP contribution is 2.29. The van der Waals surface area contributed by atoms with Crippen molar-refractivity contribution < 1.29 is 22.7 Å². The molecule has 0 radical (unpaired) electrons. The van der Waals surface area contributed by atoms with E-state index in [-0.39, 0.29) is 0 Å². The summed E-state index contributed by atoms with van der Waals surface area (Å²) in [5.41, 5.74) is -0.793. The van der Waals surface area contributed by atoms with Gasteiger partial charge in [-0.3, -0.25) is 4.79 Å². The van der Waals surface area contributed by atoms with E-state index in [2.05, 4.69) is 15.0 Å². The molecule has 0 aliphatic rings. The molecule has 0 bridgehead atoms. The van der Waals surface area contributed by atoms with E-state index in [1.54, 1.807) is 0 Å². The first-order valence-corrected chi connectivity index (χ1v) is 6.84. The molecule has 0 spiro atoms. The highest BCUT2D eigenvalue weighted by Gasteiger charge is 2.30. The molecule has 1 heterocycles. The number of hydrogen-bond donors (Lipinski definition) is 1. The Morgan fingerprint density at radius 1 is 1.50 bits per heavy atom. The van der Waals surface area contributed by atoms with Gasteiger partial charge in [0.1, 0.15) is 6.04 Å². The number of halogens is 3. The second-order valence-electron chi connectivity index (χ2n) is 3.83. The van der Waals surface area contributed by atoms with Crippen molar-refractivity contribution in [3.05, 3.63) is 23.9 Å². The van der Waals surface area contributed by atoms with E-state index in [1.165, 1.54) is 24.9 Å². The first-order valence-electron chi connectivity index (χ1n) is 5.85. The zero-order valence-corrected chi connectivity index (χ0v) is 11.8. The molecule has 0 amide bonds. The molecule has 1 rings (SSSR count). The molecule has 0 aliphatic carbocycles. The van der Waals surface area contributed by atoms with Crippen LogP contribution in [-0.2, 0) is 15.7 Å². The van der Waals surface area contributed by atoms with Gasteiger partial charge in [0.25, 0.3) is 0 Å². The quantitative estimate of drug-likeness (QED) is 0.646. The van der Waals surface area contributed by atoms with Gasteiger partial charge in [-0.1, -0.05) is 6.92 Å². The maximum Gasteiger partial charge on any atom is 0.417 e. The third kappa shape index (κ3) is 5.01.